The maximum atomic E-state index is 13.5. The molecule has 0 saturated carbocycles. The molecular formula is C15H22ClFN2. The van der Waals surface area contributed by atoms with Crippen molar-refractivity contribution >= 4 is 11.6 Å². The number of benzene rings is 1. The average molecular weight is 285 g/mol. The molecule has 0 bridgehead atoms. The van der Waals surface area contributed by atoms with Gasteiger partial charge in [-0.25, -0.2) is 4.39 Å². The lowest BCUT2D eigenvalue weighted by atomic mass is 9.97. The summed E-state index contributed by atoms with van der Waals surface area (Å²) in [7, 11) is 0. The summed E-state index contributed by atoms with van der Waals surface area (Å²) in [5.41, 5.74) is 1.09. The van der Waals surface area contributed by atoms with Crippen LogP contribution < -0.4 is 5.32 Å². The van der Waals surface area contributed by atoms with Gasteiger partial charge in [0.05, 0.1) is 5.02 Å². The summed E-state index contributed by atoms with van der Waals surface area (Å²) in [6.45, 7) is 9.33. The second-order valence-electron chi connectivity index (χ2n) is 5.98. The zero-order valence-corrected chi connectivity index (χ0v) is 12.6. The lowest BCUT2D eigenvalue weighted by Gasteiger charge is -2.44. The third-order valence-electron chi connectivity index (χ3n) is 3.77. The van der Waals surface area contributed by atoms with E-state index in [1.165, 1.54) is 0 Å². The normalized spacial score (nSPS) is 23.5. The van der Waals surface area contributed by atoms with Crippen LogP contribution in [0.2, 0.25) is 5.02 Å². The van der Waals surface area contributed by atoms with E-state index < -0.39 is 0 Å². The molecule has 2 nitrogen and oxygen atoms in total. The van der Waals surface area contributed by atoms with Crippen molar-refractivity contribution in [2.75, 3.05) is 13.1 Å². The summed E-state index contributed by atoms with van der Waals surface area (Å²) in [5, 5.41) is 3.75. The molecule has 1 aliphatic heterocycles. The molecule has 1 unspecified atom stereocenters. The van der Waals surface area contributed by atoms with Crippen LogP contribution in [0.5, 0.6) is 0 Å². The molecule has 1 N–H and O–H groups in total. The van der Waals surface area contributed by atoms with Gasteiger partial charge in [0.1, 0.15) is 5.82 Å². The SMILES string of the molecule is CCC1CNC(C)(C)CN1Cc1ccc(Cl)c(F)c1. The van der Waals surface area contributed by atoms with E-state index in [1.807, 2.05) is 6.07 Å². The number of hydrogen-bond acceptors (Lipinski definition) is 2. The van der Waals surface area contributed by atoms with Crippen molar-refractivity contribution in [3.63, 3.8) is 0 Å². The maximum Gasteiger partial charge on any atom is 0.142 e. The van der Waals surface area contributed by atoms with E-state index in [4.69, 9.17) is 11.6 Å². The van der Waals surface area contributed by atoms with Gasteiger partial charge in [-0.2, -0.15) is 0 Å². The highest BCUT2D eigenvalue weighted by Crippen LogP contribution is 2.22. The summed E-state index contributed by atoms with van der Waals surface area (Å²) in [6, 6.07) is 5.60. The zero-order valence-electron chi connectivity index (χ0n) is 11.8. The molecule has 106 valence electrons. The number of rotatable bonds is 3. The minimum Gasteiger partial charge on any atom is -0.309 e. The highest BCUT2D eigenvalue weighted by atomic mass is 35.5. The third-order valence-corrected chi connectivity index (χ3v) is 4.08. The molecule has 19 heavy (non-hydrogen) atoms. The molecule has 0 amide bonds. The summed E-state index contributed by atoms with van der Waals surface area (Å²) in [5.74, 6) is -0.332. The van der Waals surface area contributed by atoms with Gasteiger partial charge in [0.15, 0.2) is 0 Å². The van der Waals surface area contributed by atoms with E-state index in [1.54, 1.807) is 12.1 Å². The standard InChI is InChI=1S/C15H22ClFN2/c1-4-12-8-18-15(2,3)10-19(12)9-11-5-6-13(16)14(17)7-11/h5-7,12,18H,4,8-10H2,1-3H3. The first-order valence-electron chi connectivity index (χ1n) is 6.84. The molecule has 0 aliphatic carbocycles. The van der Waals surface area contributed by atoms with Gasteiger partial charge in [-0.1, -0.05) is 24.6 Å². The molecule has 1 aromatic rings. The van der Waals surface area contributed by atoms with Gasteiger partial charge in [0.2, 0.25) is 0 Å². The molecule has 1 saturated heterocycles. The summed E-state index contributed by atoms with van der Waals surface area (Å²) < 4.78 is 13.5. The van der Waals surface area contributed by atoms with Gasteiger partial charge < -0.3 is 5.32 Å². The number of nitrogens with one attached hydrogen (secondary N) is 1. The van der Waals surface area contributed by atoms with Crippen molar-refractivity contribution in [3.05, 3.63) is 34.6 Å². The first kappa shape index (κ1) is 14.8. The van der Waals surface area contributed by atoms with Crippen LogP contribution >= 0.6 is 11.6 Å². The second kappa shape index (κ2) is 5.78. The monoisotopic (exact) mass is 284 g/mol. The topological polar surface area (TPSA) is 15.3 Å². The smallest absolute Gasteiger partial charge is 0.142 e. The van der Waals surface area contributed by atoms with Crippen LogP contribution in [0.1, 0.15) is 32.8 Å². The number of halogens is 2. The molecule has 1 fully saturated rings. The molecule has 0 spiro atoms. The van der Waals surface area contributed by atoms with Crippen molar-refractivity contribution in [3.8, 4) is 0 Å². The Hall–Kier alpha value is -0.640. The van der Waals surface area contributed by atoms with Crippen LogP contribution in [0.4, 0.5) is 4.39 Å². The van der Waals surface area contributed by atoms with Crippen LogP contribution in [0.25, 0.3) is 0 Å². The predicted molar refractivity (Wildman–Crippen MR) is 78.0 cm³/mol. The minimum absolute atomic E-state index is 0.108. The fraction of sp³-hybridized carbons (Fsp3) is 0.600. The van der Waals surface area contributed by atoms with Crippen molar-refractivity contribution in [2.45, 2.75) is 45.3 Å². The Morgan fingerprint density at radius 1 is 1.47 bits per heavy atom. The fourth-order valence-corrected chi connectivity index (χ4v) is 2.79. The Morgan fingerprint density at radius 2 is 2.21 bits per heavy atom. The molecule has 2 rings (SSSR count). The van der Waals surface area contributed by atoms with Gasteiger partial charge in [0.25, 0.3) is 0 Å². The number of piperazine rings is 1. The number of nitrogens with zero attached hydrogens (tertiary/aromatic N) is 1. The Kier molecular flexibility index (Phi) is 4.49. The molecule has 0 radical (unpaired) electrons. The molecule has 1 aromatic carbocycles. The van der Waals surface area contributed by atoms with Gasteiger partial charge in [-0.3, -0.25) is 4.90 Å². The summed E-state index contributed by atoms with van der Waals surface area (Å²) in [6.07, 6.45) is 1.10. The van der Waals surface area contributed by atoms with Gasteiger partial charge >= 0.3 is 0 Å². The molecule has 1 atom stereocenters. The van der Waals surface area contributed by atoms with E-state index in [0.717, 1.165) is 31.6 Å². The Bertz CT molecular complexity index is 448. The zero-order chi connectivity index (χ0) is 14.0. The van der Waals surface area contributed by atoms with Crippen LogP contribution in [-0.4, -0.2) is 29.6 Å². The van der Waals surface area contributed by atoms with Crippen LogP contribution in [0.3, 0.4) is 0 Å². The summed E-state index contributed by atoms with van der Waals surface area (Å²) >= 11 is 5.73. The Labute approximate surface area is 119 Å². The Balaban J connectivity index is 2.12. The largest absolute Gasteiger partial charge is 0.309 e. The maximum absolute atomic E-state index is 13.5. The fourth-order valence-electron chi connectivity index (χ4n) is 2.68. The van der Waals surface area contributed by atoms with Crippen molar-refractivity contribution in [2.24, 2.45) is 0 Å². The number of hydrogen-bond donors (Lipinski definition) is 1. The quantitative estimate of drug-likeness (QED) is 0.915. The van der Waals surface area contributed by atoms with E-state index in [0.29, 0.717) is 6.04 Å². The van der Waals surface area contributed by atoms with Crippen LogP contribution in [-0.2, 0) is 6.54 Å². The van der Waals surface area contributed by atoms with E-state index in [2.05, 4.69) is 31.0 Å². The first-order valence-corrected chi connectivity index (χ1v) is 7.22. The lowest BCUT2D eigenvalue weighted by Crippen LogP contribution is -2.60. The summed E-state index contributed by atoms with van der Waals surface area (Å²) in [4.78, 5) is 2.43. The molecular weight excluding hydrogens is 263 g/mol. The molecule has 1 aliphatic rings. The first-order chi connectivity index (χ1) is 8.91. The second-order valence-corrected chi connectivity index (χ2v) is 6.39. The highest BCUT2D eigenvalue weighted by molar-refractivity contribution is 6.30. The van der Waals surface area contributed by atoms with E-state index >= 15 is 0 Å². The lowest BCUT2D eigenvalue weighted by molar-refractivity contribution is 0.0858. The van der Waals surface area contributed by atoms with Gasteiger partial charge in [-0.05, 0) is 38.0 Å². The molecule has 4 heteroatoms. The average Bonchev–Trinajstić information content (AvgIpc) is 2.33. The van der Waals surface area contributed by atoms with Crippen LogP contribution in [0.15, 0.2) is 18.2 Å². The van der Waals surface area contributed by atoms with Gasteiger partial charge in [0, 0.05) is 31.2 Å². The molecule has 0 aromatic heterocycles. The van der Waals surface area contributed by atoms with Crippen molar-refractivity contribution in [1.29, 1.82) is 0 Å². The van der Waals surface area contributed by atoms with Crippen LogP contribution in [0, 0.1) is 5.82 Å². The van der Waals surface area contributed by atoms with Gasteiger partial charge in [-0.15, -0.1) is 0 Å². The molecule has 1 heterocycles. The minimum atomic E-state index is -0.332. The van der Waals surface area contributed by atoms with Crippen molar-refractivity contribution in [1.82, 2.24) is 10.2 Å². The highest BCUT2D eigenvalue weighted by Gasteiger charge is 2.31. The third kappa shape index (κ3) is 3.68. The van der Waals surface area contributed by atoms with Crippen molar-refractivity contribution < 1.29 is 4.39 Å². The van der Waals surface area contributed by atoms with E-state index in [-0.39, 0.29) is 16.4 Å². The Morgan fingerprint density at radius 3 is 2.84 bits per heavy atom. The van der Waals surface area contributed by atoms with E-state index in [9.17, 15) is 4.39 Å². The predicted octanol–water partition coefficient (Wildman–Crippen LogP) is 3.44.